The van der Waals surface area contributed by atoms with Crippen molar-refractivity contribution in [2.45, 2.75) is 46.3 Å². The van der Waals surface area contributed by atoms with Crippen LogP contribution >= 0.6 is 0 Å². The molecule has 0 aliphatic carbocycles. The van der Waals surface area contributed by atoms with Gasteiger partial charge in [-0.2, -0.15) is 0 Å². The topological polar surface area (TPSA) is 117 Å². The second-order valence-corrected chi connectivity index (χ2v) is 9.15. The van der Waals surface area contributed by atoms with Crippen LogP contribution in [0.1, 0.15) is 32.2 Å². The molecule has 4 aromatic rings. The van der Waals surface area contributed by atoms with Crippen molar-refractivity contribution in [3.8, 4) is 40.1 Å². The number of hydrogen-bond acceptors (Lipinski definition) is 8. The number of halogens is 3. The third-order valence-corrected chi connectivity index (χ3v) is 5.51. The Labute approximate surface area is 227 Å². The number of aliphatic carboxylic acids is 1. The van der Waals surface area contributed by atoms with Gasteiger partial charge in [-0.25, -0.2) is 15.0 Å². The van der Waals surface area contributed by atoms with Crippen molar-refractivity contribution in [3.05, 3.63) is 72.4 Å². The highest BCUT2D eigenvalue weighted by atomic mass is 19.4. The molecule has 0 aliphatic rings. The lowest BCUT2D eigenvalue weighted by molar-refractivity contribution is -0.274. The first-order valence-corrected chi connectivity index (χ1v) is 12.3. The van der Waals surface area contributed by atoms with E-state index in [1.54, 1.807) is 31.2 Å². The summed E-state index contributed by atoms with van der Waals surface area (Å²) >= 11 is 0. The molecule has 0 fully saturated rings. The molecular weight excluding hydrogens is 531 g/mol. The Morgan fingerprint density at radius 1 is 0.950 bits per heavy atom. The summed E-state index contributed by atoms with van der Waals surface area (Å²) in [5.41, 5.74) is 2.15. The Morgan fingerprint density at radius 2 is 1.57 bits per heavy atom. The largest absolute Gasteiger partial charge is 0.573 e. The minimum absolute atomic E-state index is 0.0530. The van der Waals surface area contributed by atoms with E-state index in [9.17, 15) is 18.0 Å². The average Bonchev–Trinajstić information content (AvgIpc) is 3.32. The van der Waals surface area contributed by atoms with E-state index in [1.165, 1.54) is 36.7 Å². The average molecular weight is 558 g/mol. The van der Waals surface area contributed by atoms with Crippen LogP contribution in [0.15, 0.2) is 65.3 Å². The van der Waals surface area contributed by atoms with Crippen molar-refractivity contribution in [1.29, 1.82) is 0 Å². The molecule has 1 N–H and O–H groups in total. The van der Waals surface area contributed by atoms with Gasteiger partial charge in [0.25, 0.3) is 0 Å². The molecule has 4 rings (SSSR count). The summed E-state index contributed by atoms with van der Waals surface area (Å²) < 4.78 is 59.0. The van der Waals surface area contributed by atoms with Crippen molar-refractivity contribution >= 4 is 5.97 Å². The molecule has 0 aliphatic heterocycles. The zero-order valence-corrected chi connectivity index (χ0v) is 21.8. The van der Waals surface area contributed by atoms with Gasteiger partial charge in [0.1, 0.15) is 17.2 Å². The minimum atomic E-state index is -4.81. The number of rotatable bonds is 11. The summed E-state index contributed by atoms with van der Waals surface area (Å²) in [7, 11) is 0. The molecule has 2 aromatic carbocycles. The molecule has 9 nitrogen and oxygen atoms in total. The predicted molar refractivity (Wildman–Crippen MR) is 137 cm³/mol. The zero-order valence-electron chi connectivity index (χ0n) is 21.8. The van der Waals surface area contributed by atoms with Crippen LogP contribution in [0.3, 0.4) is 0 Å². The Hall–Kier alpha value is -4.61. The van der Waals surface area contributed by atoms with Crippen LogP contribution in [0, 0.1) is 5.92 Å². The molecule has 40 heavy (non-hydrogen) atoms. The number of oxazole rings is 1. The van der Waals surface area contributed by atoms with E-state index < -0.39 is 18.2 Å². The molecule has 0 saturated heterocycles. The van der Waals surface area contributed by atoms with Crippen LogP contribution in [0.4, 0.5) is 13.2 Å². The lowest BCUT2D eigenvalue weighted by Gasteiger charge is -2.09. The highest BCUT2D eigenvalue weighted by Crippen LogP contribution is 2.34. The molecule has 0 spiro atoms. The number of hydrogen-bond donors (Lipinski definition) is 1. The van der Waals surface area contributed by atoms with Gasteiger partial charge in [-0.15, -0.1) is 13.2 Å². The lowest BCUT2D eigenvalue weighted by atomic mass is 10.0. The van der Waals surface area contributed by atoms with Crippen LogP contribution in [0.2, 0.25) is 0 Å². The second-order valence-electron chi connectivity index (χ2n) is 9.15. The SMILES string of the molecule is CC(C)Oc1ncc(-c2nc(COc3ccc(CC(C)C(=O)O)cc3)oc2-c2ccc(OC(F)(F)F)cc2)cn1. The van der Waals surface area contributed by atoms with Crippen LogP contribution in [0.5, 0.6) is 17.5 Å². The normalized spacial score (nSPS) is 12.3. The number of carboxylic acid groups (broad SMARTS) is 1. The van der Waals surface area contributed by atoms with Gasteiger partial charge in [0.05, 0.1) is 12.0 Å². The summed E-state index contributed by atoms with van der Waals surface area (Å²) in [6.45, 7) is 5.27. The van der Waals surface area contributed by atoms with Gasteiger partial charge in [-0.05, 0) is 62.2 Å². The molecule has 2 heterocycles. The van der Waals surface area contributed by atoms with Crippen LogP contribution in [-0.2, 0) is 17.8 Å². The van der Waals surface area contributed by atoms with Crippen molar-refractivity contribution in [3.63, 3.8) is 0 Å². The molecule has 0 radical (unpaired) electrons. The van der Waals surface area contributed by atoms with Gasteiger partial charge < -0.3 is 23.7 Å². The van der Waals surface area contributed by atoms with Gasteiger partial charge >= 0.3 is 18.3 Å². The molecular formula is C28H26F3N3O6. The first-order valence-electron chi connectivity index (χ1n) is 12.3. The fourth-order valence-corrected chi connectivity index (χ4v) is 3.64. The molecule has 2 aromatic heterocycles. The molecule has 210 valence electrons. The van der Waals surface area contributed by atoms with E-state index in [4.69, 9.17) is 19.0 Å². The Bertz CT molecular complexity index is 1420. The Balaban J connectivity index is 1.57. The van der Waals surface area contributed by atoms with Gasteiger partial charge in [0, 0.05) is 23.5 Å². The molecule has 1 unspecified atom stereocenters. The van der Waals surface area contributed by atoms with Crippen LogP contribution in [-0.4, -0.2) is 38.5 Å². The summed E-state index contributed by atoms with van der Waals surface area (Å²) in [6.07, 6.45) is -1.53. The maximum Gasteiger partial charge on any atom is 0.573 e. The molecule has 12 heteroatoms. The first-order chi connectivity index (χ1) is 19.0. The quantitative estimate of drug-likeness (QED) is 0.226. The van der Waals surface area contributed by atoms with Gasteiger partial charge in [0.15, 0.2) is 12.4 Å². The summed E-state index contributed by atoms with van der Waals surface area (Å²) in [4.78, 5) is 24.0. The van der Waals surface area contributed by atoms with Crippen molar-refractivity contribution < 1.29 is 41.7 Å². The fourth-order valence-electron chi connectivity index (χ4n) is 3.64. The van der Waals surface area contributed by atoms with E-state index in [1.807, 2.05) is 13.8 Å². The van der Waals surface area contributed by atoms with Gasteiger partial charge in [-0.1, -0.05) is 19.1 Å². The zero-order chi connectivity index (χ0) is 28.9. The monoisotopic (exact) mass is 557 g/mol. The predicted octanol–water partition coefficient (Wildman–Crippen LogP) is 6.33. The minimum Gasteiger partial charge on any atom is -0.484 e. The summed E-state index contributed by atoms with van der Waals surface area (Å²) in [6, 6.07) is 12.4. The molecule has 1 atom stereocenters. The number of benzene rings is 2. The molecule has 0 amide bonds. The molecule has 0 bridgehead atoms. The number of aromatic nitrogens is 3. The molecule has 0 saturated carbocycles. The summed E-state index contributed by atoms with van der Waals surface area (Å²) in [5.74, 6) is -0.769. The first kappa shape index (κ1) is 28.4. The van der Waals surface area contributed by atoms with Gasteiger partial charge in [-0.3, -0.25) is 4.79 Å². The van der Waals surface area contributed by atoms with E-state index in [2.05, 4.69) is 19.7 Å². The smallest absolute Gasteiger partial charge is 0.484 e. The third-order valence-electron chi connectivity index (χ3n) is 5.51. The standard InChI is InChI=1S/C28H26F3N3O6/c1-16(2)38-27-32-13-20(14-33-27)24-25(19-6-10-22(11-7-19)40-28(29,30)31)39-23(34-24)15-37-21-8-4-18(5-9-21)12-17(3)26(35)36/h4-11,13-14,16-17H,12,15H2,1-3H3,(H,35,36). The number of nitrogens with zero attached hydrogens (tertiary/aromatic N) is 3. The maximum absolute atomic E-state index is 12.6. The van der Waals surface area contributed by atoms with E-state index in [0.717, 1.165) is 5.56 Å². The van der Waals surface area contributed by atoms with Crippen molar-refractivity contribution in [1.82, 2.24) is 15.0 Å². The Kier molecular flexibility index (Phi) is 8.56. The van der Waals surface area contributed by atoms with E-state index >= 15 is 0 Å². The van der Waals surface area contributed by atoms with Crippen LogP contribution < -0.4 is 14.2 Å². The highest BCUT2D eigenvalue weighted by molar-refractivity contribution is 5.76. The fraction of sp³-hybridized carbons (Fsp3) is 0.286. The number of alkyl halides is 3. The lowest BCUT2D eigenvalue weighted by Crippen LogP contribution is -2.16. The Morgan fingerprint density at radius 3 is 2.15 bits per heavy atom. The van der Waals surface area contributed by atoms with Crippen molar-refractivity contribution in [2.24, 2.45) is 5.92 Å². The van der Waals surface area contributed by atoms with E-state index in [0.29, 0.717) is 29.0 Å². The second kappa shape index (κ2) is 12.1. The number of ether oxygens (including phenoxy) is 3. The summed E-state index contributed by atoms with van der Waals surface area (Å²) in [5, 5.41) is 9.10. The third kappa shape index (κ3) is 7.71. The van der Waals surface area contributed by atoms with E-state index in [-0.39, 0.29) is 36.1 Å². The number of carbonyl (C=O) groups is 1. The van der Waals surface area contributed by atoms with Crippen molar-refractivity contribution in [2.75, 3.05) is 0 Å². The van der Waals surface area contributed by atoms with Gasteiger partial charge in [0.2, 0.25) is 5.89 Å². The van der Waals surface area contributed by atoms with Crippen LogP contribution in [0.25, 0.3) is 22.6 Å². The number of carboxylic acids is 1. The maximum atomic E-state index is 12.6. The highest BCUT2D eigenvalue weighted by Gasteiger charge is 2.31.